The Kier molecular flexibility index (Phi) is 7.17. The minimum atomic E-state index is -0.216. The van der Waals surface area contributed by atoms with Crippen molar-refractivity contribution in [1.29, 1.82) is 0 Å². The van der Waals surface area contributed by atoms with E-state index in [9.17, 15) is 9.59 Å². The third kappa shape index (κ3) is 5.93. The third-order valence-corrected chi connectivity index (χ3v) is 7.67. The molecule has 1 N–H and O–H groups in total. The number of carbonyl (C=O) groups is 2. The van der Waals surface area contributed by atoms with E-state index in [-0.39, 0.29) is 23.0 Å². The van der Waals surface area contributed by atoms with Crippen LogP contribution in [-0.4, -0.2) is 73.3 Å². The number of benzene rings is 2. The predicted molar refractivity (Wildman–Crippen MR) is 144 cm³/mol. The van der Waals surface area contributed by atoms with Gasteiger partial charge in [0.15, 0.2) is 0 Å². The lowest BCUT2D eigenvalue weighted by Crippen LogP contribution is -2.51. The molecule has 2 amide bonds. The number of likely N-dealkylation sites (tertiary alicyclic amines) is 1. The predicted octanol–water partition coefficient (Wildman–Crippen LogP) is 4.74. The molecule has 2 fully saturated rings. The van der Waals surface area contributed by atoms with Crippen LogP contribution in [0.5, 0.6) is 5.75 Å². The maximum atomic E-state index is 12.8. The van der Waals surface area contributed by atoms with Crippen LogP contribution in [-0.2, 0) is 11.2 Å². The van der Waals surface area contributed by atoms with Crippen molar-refractivity contribution >= 4 is 12.0 Å². The molecule has 0 saturated carbocycles. The second kappa shape index (κ2) is 10.4. The van der Waals surface area contributed by atoms with E-state index >= 15 is 0 Å². The first-order valence-corrected chi connectivity index (χ1v) is 13.6. The number of fused-ring (bicyclic) bond motifs is 1. The maximum Gasteiger partial charge on any atom is 0.409 e. The van der Waals surface area contributed by atoms with Gasteiger partial charge in [0.1, 0.15) is 11.4 Å². The number of carbonyl (C=O) groups excluding carboxylic acids is 2. The van der Waals surface area contributed by atoms with Crippen LogP contribution < -0.4 is 10.1 Å². The van der Waals surface area contributed by atoms with Crippen LogP contribution in [0.2, 0.25) is 0 Å². The second-order valence-electron chi connectivity index (χ2n) is 11.8. The number of amides is 2. The summed E-state index contributed by atoms with van der Waals surface area (Å²) in [6, 6.07) is 14.3. The summed E-state index contributed by atoms with van der Waals surface area (Å²) in [5.74, 6) is 1.05. The molecule has 0 bridgehead atoms. The van der Waals surface area contributed by atoms with Gasteiger partial charge in [0.05, 0.1) is 6.61 Å². The molecule has 0 aliphatic carbocycles. The van der Waals surface area contributed by atoms with E-state index in [1.54, 1.807) is 0 Å². The van der Waals surface area contributed by atoms with E-state index in [0.717, 1.165) is 74.3 Å². The Morgan fingerprint density at radius 1 is 0.919 bits per heavy atom. The second-order valence-corrected chi connectivity index (χ2v) is 11.8. The van der Waals surface area contributed by atoms with Gasteiger partial charge in [-0.15, -0.1) is 0 Å². The molecule has 2 aromatic rings. The fourth-order valence-corrected chi connectivity index (χ4v) is 5.37. The number of nitrogens with zero attached hydrogens (tertiary/aromatic N) is 2. The number of piperidine rings is 1. The molecule has 7 nitrogen and oxygen atoms in total. The van der Waals surface area contributed by atoms with Gasteiger partial charge in [0.2, 0.25) is 0 Å². The maximum absolute atomic E-state index is 12.8. The zero-order valence-electron chi connectivity index (χ0n) is 22.3. The van der Waals surface area contributed by atoms with E-state index in [4.69, 9.17) is 9.47 Å². The Morgan fingerprint density at radius 2 is 1.59 bits per heavy atom. The summed E-state index contributed by atoms with van der Waals surface area (Å²) < 4.78 is 12.1. The Balaban J connectivity index is 1.20. The number of aryl methyl sites for hydroxylation is 1. The monoisotopic (exact) mass is 505 g/mol. The first-order chi connectivity index (χ1) is 17.7. The first kappa shape index (κ1) is 25.6. The van der Waals surface area contributed by atoms with Crippen molar-refractivity contribution in [3.63, 3.8) is 0 Å². The zero-order chi connectivity index (χ0) is 26.0. The van der Waals surface area contributed by atoms with Gasteiger partial charge in [0, 0.05) is 57.7 Å². The smallest absolute Gasteiger partial charge is 0.409 e. The van der Waals surface area contributed by atoms with E-state index in [1.807, 2.05) is 34.1 Å². The zero-order valence-corrected chi connectivity index (χ0v) is 22.3. The molecule has 2 saturated heterocycles. The minimum Gasteiger partial charge on any atom is -0.487 e. The van der Waals surface area contributed by atoms with Crippen molar-refractivity contribution in [1.82, 2.24) is 15.1 Å². The van der Waals surface area contributed by atoms with Crippen LogP contribution in [0, 0.1) is 5.41 Å². The molecule has 0 radical (unpaired) electrons. The summed E-state index contributed by atoms with van der Waals surface area (Å²) >= 11 is 0. The van der Waals surface area contributed by atoms with E-state index in [0.29, 0.717) is 19.7 Å². The van der Waals surface area contributed by atoms with Crippen LogP contribution in [0.1, 0.15) is 56.0 Å². The Morgan fingerprint density at radius 3 is 2.27 bits per heavy atom. The van der Waals surface area contributed by atoms with Crippen molar-refractivity contribution in [2.24, 2.45) is 5.41 Å². The molecule has 0 aromatic heterocycles. The lowest BCUT2D eigenvalue weighted by molar-refractivity contribution is -0.0171. The summed E-state index contributed by atoms with van der Waals surface area (Å²) in [4.78, 5) is 29.0. The van der Waals surface area contributed by atoms with Gasteiger partial charge < -0.3 is 24.6 Å². The van der Waals surface area contributed by atoms with Crippen molar-refractivity contribution in [2.75, 3.05) is 45.9 Å². The van der Waals surface area contributed by atoms with Gasteiger partial charge >= 0.3 is 6.09 Å². The van der Waals surface area contributed by atoms with Crippen molar-refractivity contribution in [2.45, 2.75) is 52.1 Å². The Bertz CT molecular complexity index is 1120. The molecule has 1 spiro atoms. The summed E-state index contributed by atoms with van der Waals surface area (Å²) in [6.07, 6.45) is 3.33. The molecule has 3 aliphatic rings. The van der Waals surface area contributed by atoms with Crippen molar-refractivity contribution < 1.29 is 19.1 Å². The fraction of sp³-hybridized carbons (Fsp3) is 0.533. The summed E-state index contributed by atoms with van der Waals surface area (Å²) in [7, 11) is 0. The number of rotatable bonds is 3. The van der Waals surface area contributed by atoms with Gasteiger partial charge in [-0.2, -0.15) is 0 Å². The lowest BCUT2D eigenvalue weighted by Gasteiger charge is -2.44. The van der Waals surface area contributed by atoms with Crippen molar-refractivity contribution in [3.05, 3.63) is 53.6 Å². The standard InChI is InChI=1S/C30H39N3O4/c1-29(2,3)21-36-28(35)33-16-12-30(13-17-33)11-10-25-20-24(8-9-26(25)37-30)22-4-6-23(7-5-22)27(34)32-18-14-31-15-19-32/h4-9,20,31H,10-19,21H2,1-3H3. The normalized spacial score (nSPS) is 19.2. The lowest BCUT2D eigenvalue weighted by atomic mass is 9.82. The van der Waals surface area contributed by atoms with E-state index in [1.165, 1.54) is 5.56 Å². The molecular formula is C30H39N3O4. The highest BCUT2D eigenvalue weighted by molar-refractivity contribution is 5.94. The minimum absolute atomic E-state index is 0.0355. The average Bonchev–Trinajstić information content (AvgIpc) is 2.92. The highest BCUT2D eigenvalue weighted by atomic mass is 16.6. The van der Waals surface area contributed by atoms with Crippen LogP contribution in [0.4, 0.5) is 4.79 Å². The number of nitrogens with one attached hydrogen (secondary N) is 1. The molecule has 0 atom stereocenters. The molecular weight excluding hydrogens is 466 g/mol. The molecule has 2 aromatic carbocycles. The van der Waals surface area contributed by atoms with E-state index in [2.05, 4.69) is 44.3 Å². The fourth-order valence-electron chi connectivity index (χ4n) is 5.37. The molecule has 37 heavy (non-hydrogen) atoms. The molecule has 3 heterocycles. The van der Waals surface area contributed by atoms with Gasteiger partial charge in [-0.05, 0) is 59.2 Å². The summed E-state index contributed by atoms with van der Waals surface area (Å²) in [5, 5.41) is 3.29. The SMILES string of the molecule is CC(C)(C)COC(=O)N1CCC2(CCc3cc(-c4ccc(C(=O)N5CCNCC5)cc4)ccc3O2)CC1. The Labute approximate surface area is 220 Å². The molecule has 7 heteroatoms. The van der Waals surface area contributed by atoms with Crippen LogP contribution in [0.15, 0.2) is 42.5 Å². The van der Waals surface area contributed by atoms with Crippen molar-refractivity contribution in [3.8, 4) is 16.9 Å². The van der Waals surface area contributed by atoms with Crippen LogP contribution >= 0.6 is 0 Å². The summed E-state index contributed by atoms with van der Waals surface area (Å²) in [5.41, 5.74) is 3.95. The van der Waals surface area contributed by atoms with E-state index < -0.39 is 0 Å². The number of hydrogen-bond acceptors (Lipinski definition) is 5. The average molecular weight is 506 g/mol. The van der Waals surface area contributed by atoms with Gasteiger partial charge in [-0.25, -0.2) is 4.79 Å². The van der Waals surface area contributed by atoms with Crippen LogP contribution in [0.3, 0.4) is 0 Å². The van der Waals surface area contributed by atoms with Crippen LogP contribution in [0.25, 0.3) is 11.1 Å². The Hall–Kier alpha value is -3.06. The van der Waals surface area contributed by atoms with Gasteiger partial charge in [0.25, 0.3) is 5.91 Å². The first-order valence-electron chi connectivity index (χ1n) is 13.6. The number of ether oxygens (including phenoxy) is 2. The molecule has 198 valence electrons. The quantitative estimate of drug-likeness (QED) is 0.652. The van der Waals surface area contributed by atoms with Gasteiger partial charge in [-0.3, -0.25) is 4.79 Å². The molecule has 3 aliphatic heterocycles. The number of hydrogen-bond donors (Lipinski definition) is 1. The highest BCUT2D eigenvalue weighted by Crippen LogP contribution is 2.41. The molecule has 5 rings (SSSR count). The highest BCUT2D eigenvalue weighted by Gasteiger charge is 2.41. The van der Waals surface area contributed by atoms with Gasteiger partial charge in [-0.1, -0.05) is 39.0 Å². The molecule has 0 unspecified atom stereocenters. The third-order valence-electron chi connectivity index (χ3n) is 7.67. The topological polar surface area (TPSA) is 71.1 Å². The largest absolute Gasteiger partial charge is 0.487 e. The summed E-state index contributed by atoms with van der Waals surface area (Å²) in [6.45, 7) is 11.2. The number of piperazine rings is 1.